The van der Waals surface area contributed by atoms with E-state index in [2.05, 4.69) is 20.9 Å². The third-order valence-electron chi connectivity index (χ3n) is 2.30. The average Bonchev–Trinajstić information content (AvgIpc) is 2.91. The maximum Gasteiger partial charge on any atom is 0.328 e. The Bertz CT molecular complexity index is 753. The molecule has 0 bridgehead atoms. The Morgan fingerprint density at radius 3 is 2.14 bits per heavy atom. The lowest BCUT2D eigenvalue weighted by atomic mass is 10.3. The molecule has 1 aromatic carbocycles. The van der Waals surface area contributed by atoms with Crippen molar-refractivity contribution in [3.63, 3.8) is 0 Å². The summed E-state index contributed by atoms with van der Waals surface area (Å²) in [6, 6.07) is 5.04. The molecule has 1 aromatic heterocycles. The average molecular weight is 310 g/mol. The zero-order valence-electron chi connectivity index (χ0n) is 10.4. The van der Waals surface area contributed by atoms with E-state index in [0.29, 0.717) is 0 Å². The SMILES string of the molecule is NS(=O)(=O)c1ccc(NC(=O)C(=O)Nn2cnnc2)cc1. The summed E-state index contributed by atoms with van der Waals surface area (Å²) in [5, 5.41) is 14.1. The summed E-state index contributed by atoms with van der Waals surface area (Å²) in [5.74, 6) is -1.88. The molecular formula is C10H10N6O4S. The Balaban J connectivity index is 2.01. The van der Waals surface area contributed by atoms with Crippen LogP contribution in [0.5, 0.6) is 0 Å². The number of carbonyl (C=O) groups excluding carboxylic acids is 2. The van der Waals surface area contributed by atoms with Gasteiger partial charge in [0, 0.05) is 5.69 Å². The fourth-order valence-electron chi connectivity index (χ4n) is 1.34. The number of amides is 2. The van der Waals surface area contributed by atoms with Crippen LogP contribution in [0.2, 0.25) is 0 Å². The second-order valence-corrected chi connectivity index (χ2v) is 5.40. The Kier molecular flexibility index (Phi) is 3.95. The van der Waals surface area contributed by atoms with E-state index >= 15 is 0 Å². The molecule has 4 N–H and O–H groups in total. The molecule has 0 aliphatic carbocycles. The highest BCUT2D eigenvalue weighted by Gasteiger charge is 2.14. The van der Waals surface area contributed by atoms with E-state index in [4.69, 9.17) is 5.14 Å². The molecule has 1 heterocycles. The van der Waals surface area contributed by atoms with Gasteiger partial charge in [-0.15, -0.1) is 10.2 Å². The number of primary sulfonamides is 1. The fourth-order valence-corrected chi connectivity index (χ4v) is 1.86. The van der Waals surface area contributed by atoms with Crippen molar-refractivity contribution >= 4 is 27.5 Å². The monoisotopic (exact) mass is 310 g/mol. The molecule has 2 rings (SSSR count). The van der Waals surface area contributed by atoms with Crippen molar-refractivity contribution in [2.45, 2.75) is 4.90 Å². The number of benzene rings is 1. The van der Waals surface area contributed by atoms with Crippen molar-refractivity contribution in [2.24, 2.45) is 5.14 Å². The molecule has 0 aliphatic rings. The predicted octanol–water partition coefficient (Wildman–Crippen LogP) is -1.37. The molecule has 0 spiro atoms. The predicted molar refractivity (Wildman–Crippen MR) is 70.8 cm³/mol. The smallest absolute Gasteiger partial charge is 0.318 e. The fraction of sp³-hybridized carbons (Fsp3) is 0. The number of nitrogens with one attached hydrogen (secondary N) is 2. The van der Waals surface area contributed by atoms with Gasteiger partial charge in [-0.05, 0) is 24.3 Å². The molecule has 0 aliphatic heterocycles. The van der Waals surface area contributed by atoms with E-state index in [1.54, 1.807) is 0 Å². The van der Waals surface area contributed by atoms with E-state index in [0.717, 1.165) is 4.68 Å². The number of rotatable bonds is 3. The van der Waals surface area contributed by atoms with E-state index in [-0.39, 0.29) is 10.6 Å². The van der Waals surface area contributed by atoms with Gasteiger partial charge in [-0.2, -0.15) is 0 Å². The van der Waals surface area contributed by atoms with Crippen LogP contribution in [-0.4, -0.2) is 35.1 Å². The van der Waals surface area contributed by atoms with Crippen LogP contribution in [0.15, 0.2) is 41.8 Å². The molecule has 2 amide bonds. The first-order valence-corrected chi connectivity index (χ1v) is 7.01. The third kappa shape index (κ3) is 3.84. The number of carbonyl (C=O) groups is 2. The topological polar surface area (TPSA) is 149 Å². The van der Waals surface area contributed by atoms with Crippen molar-refractivity contribution in [2.75, 3.05) is 10.7 Å². The molecule has 0 saturated heterocycles. The molecule has 0 fully saturated rings. The summed E-state index contributed by atoms with van der Waals surface area (Å²) in [5.41, 5.74) is 2.44. The van der Waals surface area contributed by atoms with Crippen LogP contribution in [0.3, 0.4) is 0 Å². The minimum absolute atomic E-state index is 0.102. The van der Waals surface area contributed by atoms with E-state index in [1.165, 1.54) is 36.9 Å². The molecule has 11 heteroatoms. The number of hydrogen-bond donors (Lipinski definition) is 3. The van der Waals surface area contributed by atoms with E-state index in [1.807, 2.05) is 0 Å². The van der Waals surface area contributed by atoms with Gasteiger partial charge in [-0.1, -0.05) is 0 Å². The Hall–Kier alpha value is -2.79. The number of aromatic nitrogens is 3. The maximum atomic E-state index is 11.6. The van der Waals surface area contributed by atoms with Gasteiger partial charge in [0.05, 0.1) is 4.90 Å². The lowest BCUT2D eigenvalue weighted by Crippen LogP contribution is -2.33. The zero-order valence-corrected chi connectivity index (χ0v) is 11.2. The van der Waals surface area contributed by atoms with Crippen LogP contribution < -0.4 is 15.9 Å². The molecule has 2 aromatic rings. The molecule has 110 valence electrons. The van der Waals surface area contributed by atoms with E-state index in [9.17, 15) is 18.0 Å². The summed E-state index contributed by atoms with van der Waals surface area (Å²) >= 11 is 0. The Labute approximate surface area is 119 Å². The molecule has 0 unspecified atom stereocenters. The first-order valence-electron chi connectivity index (χ1n) is 5.46. The van der Waals surface area contributed by atoms with Gasteiger partial charge in [0.1, 0.15) is 12.7 Å². The second-order valence-electron chi connectivity index (χ2n) is 3.83. The molecule has 0 radical (unpaired) electrons. The molecule has 10 nitrogen and oxygen atoms in total. The van der Waals surface area contributed by atoms with Crippen molar-refractivity contribution in [3.8, 4) is 0 Å². The highest BCUT2D eigenvalue weighted by Crippen LogP contribution is 2.12. The minimum atomic E-state index is -3.81. The van der Waals surface area contributed by atoms with Gasteiger partial charge in [-0.25, -0.2) is 18.2 Å². The van der Waals surface area contributed by atoms with Crippen LogP contribution in [-0.2, 0) is 19.6 Å². The highest BCUT2D eigenvalue weighted by atomic mass is 32.2. The molecule has 0 atom stereocenters. The van der Waals surface area contributed by atoms with Gasteiger partial charge in [0.15, 0.2) is 0 Å². The molecule has 0 saturated carbocycles. The first-order chi connectivity index (χ1) is 9.86. The number of nitrogens with zero attached hydrogens (tertiary/aromatic N) is 3. The van der Waals surface area contributed by atoms with Crippen molar-refractivity contribution < 1.29 is 18.0 Å². The van der Waals surface area contributed by atoms with Crippen molar-refractivity contribution in [1.82, 2.24) is 14.9 Å². The van der Waals surface area contributed by atoms with Crippen LogP contribution in [0, 0.1) is 0 Å². The van der Waals surface area contributed by atoms with Crippen LogP contribution in [0.4, 0.5) is 5.69 Å². The molecular weight excluding hydrogens is 300 g/mol. The minimum Gasteiger partial charge on any atom is -0.318 e. The Morgan fingerprint density at radius 2 is 1.62 bits per heavy atom. The number of nitrogens with two attached hydrogens (primary N) is 1. The quantitative estimate of drug-likeness (QED) is 0.596. The van der Waals surface area contributed by atoms with Gasteiger partial charge < -0.3 is 5.32 Å². The highest BCUT2D eigenvalue weighted by molar-refractivity contribution is 7.89. The standard InChI is InChI=1S/C10H10N6O4S/c11-21(19,20)8-3-1-7(2-4-8)14-9(17)10(18)15-16-5-12-13-6-16/h1-6H,(H,14,17)(H,15,18)(H2,11,19,20). The largest absolute Gasteiger partial charge is 0.328 e. The third-order valence-corrected chi connectivity index (χ3v) is 3.23. The Morgan fingerprint density at radius 1 is 1.05 bits per heavy atom. The van der Waals surface area contributed by atoms with Gasteiger partial charge >= 0.3 is 11.8 Å². The second kappa shape index (κ2) is 5.68. The number of hydrogen-bond acceptors (Lipinski definition) is 6. The summed E-state index contributed by atoms with van der Waals surface area (Å²) in [6.07, 6.45) is 2.40. The van der Waals surface area contributed by atoms with Crippen LogP contribution in [0.25, 0.3) is 0 Å². The van der Waals surface area contributed by atoms with Crippen LogP contribution in [0.1, 0.15) is 0 Å². The lowest BCUT2D eigenvalue weighted by Gasteiger charge is -2.06. The van der Waals surface area contributed by atoms with Crippen molar-refractivity contribution in [3.05, 3.63) is 36.9 Å². The van der Waals surface area contributed by atoms with Gasteiger partial charge in [0.25, 0.3) is 0 Å². The van der Waals surface area contributed by atoms with Crippen molar-refractivity contribution in [1.29, 1.82) is 0 Å². The first kappa shape index (κ1) is 14.6. The maximum absolute atomic E-state index is 11.6. The zero-order chi connectivity index (χ0) is 15.5. The number of anilines is 1. The summed E-state index contributed by atoms with van der Waals surface area (Å²) < 4.78 is 23.2. The van der Waals surface area contributed by atoms with Gasteiger partial charge in [-0.3, -0.25) is 15.0 Å². The lowest BCUT2D eigenvalue weighted by molar-refractivity contribution is -0.133. The summed E-state index contributed by atoms with van der Waals surface area (Å²) in [7, 11) is -3.81. The normalized spacial score (nSPS) is 10.9. The van der Waals surface area contributed by atoms with Gasteiger partial charge in [0.2, 0.25) is 10.0 Å². The van der Waals surface area contributed by atoms with E-state index < -0.39 is 21.8 Å². The van der Waals surface area contributed by atoms with Crippen LogP contribution >= 0.6 is 0 Å². The number of sulfonamides is 1. The summed E-state index contributed by atoms with van der Waals surface area (Å²) in [4.78, 5) is 23.0. The molecule has 21 heavy (non-hydrogen) atoms. The summed E-state index contributed by atoms with van der Waals surface area (Å²) in [6.45, 7) is 0.